The van der Waals surface area contributed by atoms with Gasteiger partial charge in [0.25, 0.3) is 0 Å². The largest absolute Gasteiger partial charge is 0.472 e. The fourth-order valence-corrected chi connectivity index (χ4v) is 2.60. The van der Waals surface area contributed by atoms with Crippen LogP contribution in [0.2, 0.25) is 5.02 Å². The number of alkyl halides is 3. The van der Waals surface area contributed by atoms with Crippen LogP contribution in [0.25, 0.3) is 0 Å². The van der Waals surface area contributed by atoms with Crippen molar-refractivity contribution in [2.24, 2.45) is 0 Å². The highest BCUT2D eigenvalue weighted by Crippen LogP contribution is 2.28. The van der Waals surface area contributed by atoms with Gasteiger partial charge in [0.2, 0.25) is 5.88 Å². The molecule has 24 heavy (non-hydrogen) atoms. The number of aromatic nitrogens is 3. The average Bonchev–Trinajstić information content (AvgIpc) is 2.57. The van der Waals surface area contributed by atoms with Crippen molar-refractivity contribution in [3.05, 3.63) is 41.2 Å². The van der Waals surface area contributed by atoms with Gasteiger partial charge in [-0.25, -0.2) is 4.98 Å². The molecule has 1 unspecified atom stereocenters. The molecule has 5 nitrogen and oxygen atoms in total. The van der Waals surface area contributed by atoms with Gasteiger partial charge < -0.3 is 9.64 Å². The number of piperidine rings is 1. The third-order valence-corrected chi connectivity index (χ3v) is 3.85. The number of anilines is 1. The van der Waals surface area contributed by atoms with E-state index in [0.29, 0.717) is 29.8 Å². The second-order valence-corrected chi connectivity index (χ2v) is 5.85. The Bertz CT molecular complexity index is 679. The lowest BCUT2D eigenvalue weighted by Crippen LogP contribution is -2.41. The van der Waals surface area contributed by atoms with Crippen molar-refractivity contribution < 1.29 is 17.9 Å². The molecule has 128 valence electrons. The summed E-state index contributed by atoms with van der Waals surface area (Å²) in [5.74, 6) is 0.866. The Morgan fingerprint density at radius 2 is 2.00 bits per heavy atom. The third-order valence-electron chi connectivity index (χ3n) is 3.63. The number of rotatable bonds is 3. The molecule has 0 amide bonds. The van der Waals surface area contributed by atoms with Crippen molar-refractivity contribution in [2.45, 2.75) is 25.1 Å². The lowest BCUT2D eigenvalue weighted by atomic mass is 10.1. The maximum Gasteiger partial charge on any atom is 0.435 e. The van der Waals surface area contributed by atoms with E-state index in [9.17, 15) is 13.2 Å². The van der Waals surface area contributed by atoms with Crippen LogP contribution in [0.5, 0.6) is 5.88 Å². The fourth-order valence-electron chi connectivity index (χ4n) is 2.49. The highest BCUT2D eigenvalue weighted by molar-refractivity contribution is 6.30. The van der Waals surface area contributed by atoms with Crippen molar-refractivity contribution in [3.8, 4) is 5.88 Å². The van der Waals surface area contributed by atoms with Gasteiger partial charge in [0, 0.05) is 18.8 Å². The Morgan fingerprint density at radius 3 is 2.62 bits per heavy atom. The molecule has 2 aromatic heterocycles. The number of hydrogen-bond acceptors (Lipinski definition) is 5. The lowest BCUT2D eigenvalue weighted by Gasteiger charge is -2.33. The molecular weight excluding hydrogens is 345 g/mol. The monoisotopic (exact) mass is 358 g/mol. The van der Waals surface area contributed by atoms with E-state index in [1.54, 1.807) is 12.1 Å². The molecule has 2 aromatic rings. The van der Waals surface area contributed by atoms with Crippen molar-refractivity contribution >= 4 is 17.4 Å². The Hall–Kier alpha value is -2.09. The van der Waals surface area contributed by atoms with E-state index in [0.717, 1.165) is 18.9 Å². The van der Waals surface area contributed by atoms with Crippen molar-refractivity contribution in [1.82, 2.24) is 15.2 Å². The summed E-state index contributed by atoms with van der Waals surface area (Å²) in [6, 6.07) is 5.64. The minimum absolute atomic E-state index is 0.128. The Labute approximate surface area is 141 Å². The van der Waals surface area contributed by atoms with Gasteiger partial charge in [0.1, 0.15) is 6.10 Å². The molecule has 3 heterocycles. The third kappa shape index (κ3) is 4.05. The summed E-state index contributed by atoms with van der Waals surface area (Å²) in [6.07, 6.45) is -1.45. The van der Waals surface area contributed by atoms with E-state index in [1.165, 1.54) is 12.3 Å². The molecule has 1 saturated heterocycles. The Kier molecular flexibility index (Phi) is 4.75. The summed E-state index contributed by atoms with van der Waals surface area (Å²) >= 11 is 5.78. The molecule has 0 N–H and O–H groups in total. The van der Waals surface area contributed by atoms with Gasteiger partial charge in [-0.2, -0.15) is 13.2 Å². The first-order valence-electron chi connectivity index (χ1n) is 7.36. The van der Waals surface area contributed by atoms with E-state index < -0.39 is 11.9 Å². The molecular formula is C15H14ClF3N4O. The van der Waals surface area contributed by atoms with Gasteiger partial charge in [-0.1, -0.05) is 11.6 Å². The zero-order valence-corrected chi connectivity index (χ0v) is 13.3. The predicted octanol–water partition coefficient (Wildman–Crippen LogP) is 3.59. The second kappa shape index (κ2) is 6.80. The molecule has 0 aliphatic carbocycles. The number of nitrogens with zero attached hydrogens (tertiary/aromatic N) is 4. The van der Waals surface area contributed by atoms with Gasteiger partial charge in [-0.05, 0) is 31.0 Å². The van der Waals surface area contributed by atoms with Crippen LogP contribution in [0.4, 0.5) is 19.0 Å². The van der Waals surface area contributed by atoms with Crippen molar-refractivity contribution in [2.75, 3.05) is 18.0 Å². The van der Waals surface area contributed by atoms with E-state index in [-0.39, 0.29) is 6.10 Å². The first-order valence-corrected chi connectivity index (χ1v) is 7.74. The van der Waals surface area contributed by atoms with Crippen molar-refractivity contribution in [1.29, 1.82) is 0 Å². The normalized spacial score (nSPS) is 18.5. The minimum Gasteiger partial charge on any atom is -0.472 e. The molecule has 1 atom stereocenters. The van der Waals surface area contributed by atoms with Crippen LogP contribution in [0, 0.1) is 0 Å². The van der Waals surface area contributed by atoms with E-state index in [1.807, 2.05) is 4.90 Å². The number of pyridine rings is 1. The van der Waals surface area contributed by atoms with Crippen LogP contribution in [0.1, 0.15) is 18.5 Å². The standard InChI is InChI=1S/C15H14ClF3N4O/c16-10-3-6-14(20-8-10)24-11-2-1-7-23(9-11)13-5-4-12(21-22-13)15(17,18)19/h3-6,8,11H,1-2,7,9H2. The molecule has 0 bridgehead atoms. The molecule has 0 radical (unpaired) electrons. The summed E-state index contributed by atoms with van der Waals surface area (Å²) in [6.45, 7) is 1.19. The molecule has 0 saturated carbocycles. The van der Waals surface area contributed by atoms with Crippen LogP contribution in [0.15, 0.2) is 30.5 Å². The number of halogens is 4. The highest BCUT2D eigenvalue weighted by Gasteiger charge is 2.33. The summed E-state index contributed by atoms with van der Waals surface area (Å²) < 4.78 is 43.4. The Morgan fingerprint density at radius 1 is 1.17 bits per heavy atom. The Balaban J connectivity index is 1.65. The van der Waals surface area contributed by atoms with Crippen molar-refractivity contribution in [3.63, 3.8) is 0 Å². The SMILES string of the molecule is FC(F)(F)c1ccc(N2CCCC(Oc3ccc(Cl)cn3)C2)nn1. The maximum atomic E-state index is 12.5. The summed E-state index contributed by atoms with van der Waals surface area (Å²) in [5.41, 5.74) is -0.999. The van der Waals surface area contributed by atoms with E-state index >= 15 is 0 Å². The molecule has 1 aliphatic heterocycles. The zero-order chi connectivity index (χ0) is 17.2. The summed E-state index contributed by atoms with van der Waals surface area (Å²) in [7, 11) is 0. The van der Waals surface area contributed by atoms with Gasteiger partial charge in [-0.15, -0.1) is 10.2 Å². The molecule has 0 spiro atoms. The first-order chi connectivity index (χ1) is 11.4. The molecule has 1 aliphatic rings. The van der Waals surface area contributed by atoms with Crippen LogP contribution >= 0.6 is 11.6 Å². The van der Waals surface area contributed by atoms with Crippen LogP contribution in [0.3, 0.4) is 0 Å². The molecule has 9 heteroatoms. The molecule has 1 fully saturated rings. The number of ether oxygens (including phenoxy) is 1. The van der Waals surface area contributed by atoms with Gasteiger partial charge in [0.15, 0.2) is 11.5 Å². The maximum absolute atomic E-state index is 12.5. The van der Waals surface area contributed by atoms with E-state index in [4.69, 9.17) is 16.3 Å². The van der Waals surface area contributed by atoms with Gasteiger partial charge >= 0.3 is 6.18 Å². The molecule has 3 rings (SSSR count). The van der Waals surface area contributed by atoms with Gasteiger partial charge in [-0.3, -0.25) is 0 Å². The smallest absolute Gasteiger partial charge is 0.435 e. The topological polar surface area (TPSA) is 51.1 Å². The zero-order valence-electron chi connectivity index (χ0n) is 12.5. The van der Waals surface area contributed by atoms with Crippen LogP contribution in [-0.2, 0) is 6.18 Å². The lowest BCUT2D eigenvalue weighted by molar-refractivity contribution is -0.141. The van der Waals surface area contributed by atoms with Crippen LogP contribution in [-0.4, -0.2) is 34.4 Å². The first kappa shape index (κ1) is 16.8. The minimum atomic E-state index is -4.49. The summed E-state index contributed by atoms with van der Waals surface area (Å²) in [4.78, 5) is 5.94. The average molecular weight is 359 g/mol. The highest BCUT2D eigenvalue weighted by atomic mass is 35.5. The van der Waals surface area contributed by atoms with E-state index in [2.05, 4.69) is 15.2 Å². The molecule has 0 aromatic carbocycles. The fraction of sp³-hybridized carbons (Fsp3) is 0.400. The quantitative estimate of drug-likeness (QED) is 0.839. The number of hydrogen-bond donors (Lipinski definition) is 0. The summed E-state index contributed by atoms with van der Waals surface area (Å²) in [5, 5.41) is 7.47. The predicted molar refractivity (Wildman–Crippen MR) is 82.1 cm³/mol. The van der Waals surface area contributed by atoms with Gasteiger partial charge in [0.05, 0.1) is 11.6 Å². The second-order valence-electron chi connectivity index (χ2n) is 5.42. The van der Waals surface area contributed by atoms with Crippen LogP contribution < -0.4 is 9.64 Å².